The van der Waals surface area contributed by atoms with E-state index < -0.39 is 5.97 Å². The largest absolute Gasteiger partial charge is 0.497 e. The third kappa shape index (κ3) is 5.23. The Bertz CT molecular complexity index is 1150. The molecule has 12 nitrogen and oxygen atoms in total. The average Bonchev–Trinajstić information content (AvgIpc) is 3.22. The Hall–Kier alpha value is -4.48. The van der Waals surface area contributed by atoms with Crippen LogP contribution in [0, 0.1) is 0 Å². The number of likely N-dealkylation sites (N-methyl/N-ethyl adjacent to an activating group) is 1. The Morgan fingerprint density at radius 1 is 1.33 bits per heavy atom. The highest BCUT2D eigenvalue weighted by atomic mass is 16.5. The monoisotopic (exact) mass is 454 g/mol. The minimum atomic E-state index is -0.972. The Labute approximate surface area is 188 Å². The molecule has 4 rings (SSSR count). The molecule has 1 aromatic carbocycles. The fourth-order valence-corrected chi connectivity index (χ4v) is 3.52. The van der Waals surface area contributed by atoms with Gasteiger partial charge in [0.25, 0.3) is 6.47 Å². The van der Waals surface area contributed by atoms with Crippen LogP contribution >= 0.6 is 0 Å². The van der Waals surface area contributed by atoms with Crippen LogP contribution < -0.4 is 15.0 Å². The van der Waals surface area contributed by atoms with Crippen molar-refractivity contribution in [2.75, 3.05) is 30.9 Å². The summed E-state index contributed by atoms with van der Waals surface area (Å²) in [5.41, 5.74) is 3.24. The molecule has 33 heavy (non-hydrogen) atoms. The SMILES string of the molecule is COc1cccc(-c2[nH]nc3c2C(c2cnc(N(C)CC(=O)O)nc2)CC(=O)N3)c1.O=CO. The number of carbonyl (C=O) groups excluding carboxylic acids is 1. The third-order valence-electron chi connectivity index (χ3n) is 4.93. The van der Waals surface area contributed by atoms with Crippen LogP contribution in [0.25, 0.3) is 11.3 Å². The number of carboxylic acids is 1. The van der Waals surface area contributed by atoms with E-state index in [0.29, 0.717) is 17.5 Å². The second-order valence-corrected chi connectivity index (χ2v) is 7.07. The number of rotatable bonds is 6. The van der Waals surface area contributed by atoms with Crippen molar-refractivity contribution in [3.05, 3.63) is 47.8 Å². The molecule has 1 unspecified atom stereocenters. The molecular formula is C21H22N6O6. The number of hydrogen-bond acceptors (Lipinski definition) is 8. The number of aromatic nitrogens is 4. The van der Waals surface area contributed by atoms with Gasteiger partial charge >= 0.3 is 5.97 Å². The minimum Gasteiger partial charge on any atom is -0.497 e. The van der Waals surface area contributed by atoms with E-state index in [2.05, 4.69) is 25.5 Å². The van der Waals surface area contributed by atoms with E-state index in [-0.39, 0.29) is 31.3 Å². The highest BCUT2D eigenvalue weighted by molar-refractivity contribution is 5.96. The number of fused-ring (bicyclic) bond motifs is 1. The van der Waals surface area contributed by atoms with Gasteiger partial charge in [-0.3, -0.25) is 19.5 Å². The smallest absolute Gasteiger partial charge is 0.323 e. The number of nitrogens with zero attached hydrogens (tertiary/aromatic N) is 4. The van der Waals surface area contributed by atoms with Crippen LogP contribution in [0.4, 0.5) is 11.8 Å². The summed E-state index contributed by atoms with van der Waals surface area (Å²) in [4.78, 5) is 41.5. The molecule has 0 aliphatic carbocycles. The van der Waals surface area contributed by atoms with Gasteiger partial charge in [0.05, 0.1) is 12.8 Å². The fourth-order valence-electron chi connectivity index (χ4n) is 3.52. The summed E-state index contributed by atoms with van der Waals surface area (Å²) < 4.78 is 5.32. The van der Waals surface area contributed by atoms with Crippen LogP contribution in [0.3, 0.4) is 0 Å². The van der Waals surface area contributed by atoms with Crippen molar-refractivity contribution in [3.63, 3.8) is 0 Å². The summed E-state index contributed by atoms with van der Waals surface area (Å²) in [6, 6.07) is 7.56. The van der Waals surface area contributed by atoms with Crippen molar-refractivity contribution < 1.29 is 29.3 Å². The maximum atomic E-state index is 12.3. The van der Waals surface area contributed by atoms with E-state index in [1.54, 1.807) is 26.6 Å². The number of carboxylic acid groups (broad SMARTS) is 2. The molecular weight excluding hydrogens is 432 g/mol. The summed E-state index contributed by atoms with van der Waals surface area (Å²) in [5.74, 6) is 0.0558. The quantitative estimate of drug-likeness (QED) is 0.401. The first-order chi connectivity index (χ1) is 15.9. The first kappa shape index (κ1) is 23.2. The average molecular weight is 454 g/mol. The Morgan fingerprint density at radius 3 is 2.67 bits per heavy atom. The molecule has 0 radical (unpaired) electrons. The van der Waals surface area contributed by atoms with E-state index >= 15 is 0 Å². The number of carbonyl (C=O) groups is 3. The molecule has 12 heteroatoms. The van der Waals surface area contributed by atoms with Gasteiger partial charge in [0, 0.05) is 42.9 Å². The van der Waals surface area contributed by atoms with E-state index in [9.17, 15) is 9.59 Å². The molecule has 2 aromatic heterocycles. The van der Waals surface area contributed by atoms with E-state index in [0.717, 1.165) is 22.4 Å². The number of anilines is 2. The van der Waals surface area contributed by atoms with Gasteiger partial charge in [0.15, 0.2) is 5.82 Å². The summed E-state index contributed by atoms with van der Waals surface area (Å²) in [7, 11) is 3.21. The van der Waals surface area contributed by atoms with Crippen molar-refractivity contribution in [1.82, 2.24) is 20.2 Å². The highest BCUT2D eigenvalue weighted by Gasteiger charge is 2.32. The van der Waals surface area contributed by atoms with Gasteiger partial charge in [-0.05, 0) is 17.7 Å². The van der Waals surface area contributed by atoms with Gasteiger partial charge in [-0.25, -0.2) is 9.97 Å². The summed E-state index contributed by atoms with van der Waals surface area (Å²) >= 11 is 0. The van der Waals surface area contributed by atoms with Crippen LogP contribution in [0.15, 0.2) is 36.7 Å². The van der Waals surface area contributed by atoms with Gasteiger partial charge in [-0.2, -0.15) is 5.10 Å². The van der Waals surface area contributed by atoms with E-state index in [1.807, 2.05) is 24.3 Å². The molecule has 172 valence electrons. The van der Waals surface area contributed by atoms with Crippen LogP contribution in [-0.4, -0.2) is 69.4 Å². The lowest BCUT2D eigenvalue weighted by molar-refractivity contribution is -0.135. The van der Waals surface area contributed by atoms with Crippen LogP contribution in [0.2, 0.25) is 0 Å². The van der Waals surface area contributed by atoms with Crippen LogP contribution in [0.1, 0.15) is 23.5 Å². The molecule has 3 aromatic rings. The number of aromatic amines is 1. The lowest BCUT2D eigenvalue weighted by Gasteiger charge is -2.23. The molecule has 1 aliphatic heterocycles. The molecule has 0 saturated carbocycles. The Balaban J connectivity index is 0.000000968. The number of nitrogens with one attached hydrogen (secondary N) is 2. The summed E-state index contributed by atoms with van der Waals surface area (Å²) in [5, 5.41) is 25.9. The number of H-pyrrole nitrogens is 1. The Morgan fingerprint density at radius 2 is 2.03 bits per heavy atom. The third-order valence-corrected chi connectivity index (χ3v) is 4.93. The van der Waals surface area contributed by atoms with E-state index in [4.69, 9.17) is 19.7 Å². The molecule has 0 bridgehead atoms. The number of methoxy groups -OCH3 is 1. The second kappa shape index (κ2) is 10.2. The number of ether oxygens (including phenoxy) is 1. The molecule has 1 atom stereocenters. The molecule has 0 fully saturated rings. The first-order valence-corrected chi connectivity index (χ1v) is 9.73. The molecule has 1 amide bonds. The standard InChI is InChI=1S/C20H20N6O4.CH2O2/c1-26(10-16(28)29)20-21-8-12(9-22-20)14-7-15(27)23-19-17(14)18(24-25-19)11-4-3-5-13(6-11)30-2;2-1-3/h3-6,8-9,14H,7,10H2,1-2H3,(H,28,29)(H2,23,24,25,27);1H,(H,2,3). The molecule has 0 saturated heterocycles. The zero-order chi connectivity index (χ0) is 24.0. The van der Waals surface area contributed by atoms with E-state index in [1.165, 1.54) is 4.90 Å². The molecule has 3 heterocycles. The maximum absolute atomic E-state index is 12.3. The van der Waals surface area contributed by atoms with Crippen molar-refractivity contribution in [2.24, 2.45) is 0 Å². The predicted octanol–water partition coefficient (Wildman–Crippen LogP) is 1.57. The van der Waals surface area contributed by atoms with Crippen molar-refractivity contribution >= 4 is 30.1 Å². The summed E-state index contributed by atoms with van der Waals surface area (Å²) in [6.45, 7) is -0.461. The highest BCUT2D eigenvalue weighted by Crippen LogP contribution is 2.41. The topological polar surface area (TPSA) is 171 Å². The van der Waals surface area contributed by atoms with Crippen molar-refractivity contribution in [3.8, 4) is 17.0 Å². The predicted molar refractivity (Wildman–Crippen MR) is 117 cm³/mol. The lowest BCUT2D eigenvalue weighted by Crippen LogP contribution is -2.27. The zero-order valence-corrected chi connectivity index (χ0v) is 17.8. The number of amides is 1. The Kier molecular flexibility index (Phi) is 7.18. The first-order valence-electron chi connectivity index (χ1n) is 9.73. The molecule has 4 N–H and O–H groups in total. The van der Waals surface area contributed by atoms with Crippen molar-refractivity contribution in [1.29, 1.82) is 0 Å². The van der Waals surface area contributed by atoms with Gasteiger partial charge in [0.2, 0.25) is 11.9 Å². The number of hydrogen-bond donors (Lipinski definition) is 4. The summed E-state index contributed by atoms with van der Waals surface area (Å²) in [6.07, 6.45) is 3.46. The van der Waals surface area contributed by atoms with Crippen LogP contribution in [0.5, 0.6) is 5.75 Å². The second-order valence-electron chi connectivity index (χ2n) is 7.07. The minimum absolute atomic E-state index is 0.150. The number of aliphatic carboxylic acids is 1. The normalized spacial score (nSPS) is 14.2. The fraction of sp³-hybridized carbons (Fsp3) is 0.238. The lowest BCUT2D eigenvalue weighted by atomic mass is 9.86. The maximum Gasteiger partial charge on any atom is 0.323 e. The van der Waals surface area contributed by atoms with Crippen LogP contribution in [-0.2, 0) is 14.4 Å². The molecule has 1 aliphatic rings. The van der Waals surface area contributed by atoms with Gasteiger partial charge in [-0.1, -0.05) is 12.1 Å². The molecule has 0 spiro atoms. The van der Waals surface area contributed by atoms with Gasteiger partial charge in [0.1, 0.15) is 12.3 Å². The zero-order valence-electron chi connectivity index (χ0n) is 17.8. The van der Waals surface area contributed by atoms with Crippen molar-refractivity contribution in [2.45, 2.75) is 12.3 Å². The number of benzene rings is 1. The van der Waals surface area contributed by atoms with Gasteiger partial charge in [-0.15, -0.1) is 0 Å². The van der Waals surface area contributed by atoms with Gasteiger partial charge < -0.3 is 25.2 Å².